The average Bonchev–Trinajstić information content (AvgIpc) is 2.69. The SMILES string of the molecule is C#Cc1cnc2ccc(OC(SC)C(=O)NC(C)(C=NOC)COC)cc2c1. The molecule has 2 rings (SSSR count). The van der Waals surface area contributed by atoms with Crippen molar-refractivity contribution >= 4 is 34.8 Å². The molecule has 2 unspecified atom stereocenters. The molecule has 8 heteroatoms. The number of carbonyl (C=O) groups is 1. The van der Waals surface area contributed by atoms with Crippen molar-refractivity contribution in [3.8, 4) is 18.1 Å². The van der Waals surface area contributed by atoms with Gasteiger partial charge in [-0.25, -0.2) is 0 Å². The highest BCUT2D eigenvalue weighted by atomic mass is 32.2. The highest BCUT2D eigenvalue weighted by molar-refractivity contribution is 7.99. The number of oxime groups is 1. The third kappa shape index (κ3) is 5.62. The fourth-order valence-corrected chi connectivity index (χ4v) is 2.99. The number of hydrogen-bond donors (Lipinski definition) is 1. The number of aromatic nitrogens is 1. The quantitative estimate of drug-likeness (QED) is 0.301. The van der Waals surface area contributed by atoms with E-state index in [1.54, 1.807) is 38.6 Å². The number of nitrogens with zero attached hydrogens (tertiary/aromatic N) is 2. The van der Waals surface area contributed by atoms with Gasteiger partial charge >= 0.3 is 0 Å². The smallest absolute Gasteiger partial charge is 0.272 e. The number of thioether (sulfide) groups is 1. The van der Waals surface area contributed by atoms with Crippen molar-refractivity contribution in [2.75, 3.05) is 27.1 Å². The third-order valence-electron chi connectivity index (χ3n) is 3.79. The van der Waals surface area contributed by atoms with E-state index >= 15 is 0 Å². The molecule has 1 amide bonds. The van der Waals surface area contributed by atoms with E-state index in [4.69, 9.17) is 20.7 Å². The Morgan fingerprint density at radius 2 is 2.25 bits per heavy atom. The van der Waals surface area contributed by atoms with Gasteiger partial charge in [0.15, 0.2) is 0 Å². The first kappa shape index (κ1) is 21.5. The second kappa shape index (κ2) is 9.97. The van der Waals surface area contributed by atoms with Gasteiger partial charge in [0.25, 0.3) is 5.91 Å². The number of benzene rings is 1. The molecule has 0 aliphatic heterocycles. The summed E-state index contributed by atoms with van der Waals surface area (Å²) in [6.45, 7) is 2.00. The summed E-state index contributed by atoms with van der Waals surface area (Å²) < 4.78 is 11.1. The van der Waals surface area contributed by atoms with E-state index in [0.29, 0.717) is 11.3 Å². The minimum Gasteiger partial charge on any atom is -0.470 e. The van der Waals surface area contributed by atoms with Crippen LogP contribution in [0.4, 0.5) is 0 Å². The first-order valence-electron chi connectivity index (χ1n) is 8.39. The maximum atomic E-state index is 12.7. The summed E-state index contributed by atoms with van der Waals surface area (Å²) in [7, 11) is 2.97. The maximum absolute atomic E-state index is 12.7. The summed E-state index contributed by atoms with van der Waals surface area (Å²) in [6.07, 6.45) is 10.3. The largest absolute Gasteiger partial charge is 0.470 e. The predicted octanol–water partition coefficient (Wildman–Crippen LogP) is 2.44. The Balaban J connectivity index is 2.18. The van der Waals surface area contributed by atoms with E-state index in [0.717, 1.165) is 10.9 Å². The van der Waals surface area contributed by atoms with E-state index < -0.39 is 11.0 Å². The van der Waals surface area contributed by atoms with Crippen molar-refractivity contribution in [1.29, 1.82) is 0 Å². The average molecular weight is 401 g/mol. The number of ether oxygens (including phenoxy) is 2. The lowest BCUT2D eigenvalue weighted by molar-refractivity contribution is -0.126. The van der Waals surface area contributed by atoms with Crippen LogP contribution >= 0.6 is 11.8 Å². The molecule has 2 atom stereocenters. The number of pyridine rings is 1. The van der Waals surface area contributed by atoms with Crippen LogP contribution in [0.1, 0.15) is 12.5 Å². The van der Waals surface area contributed by atoms with Crippen LogP contribution in [0.5, 0.6) is 5.75 Å². The summed E-state index contributed by atoms with van der Waals surface area (Å²) in [5, 5.41) is 7.46. The zero-order valence-corrected chi connectivity index (χ0v) is 17.1. The van der Waals surface area contributed by atoms with Crippen LogP contribution in [0.25, 0.3) is 10.9 Å². The second-order valence-electron chi connectivity index (χ2n) is 6.17. The van der Waals surface area contributed by atoms with Crippen LogP contribution < -0.4 is 10.1 Å². The van der Waals surface area contributed by atoms with Crippen LogP contribution in [0.3, 0.4) is 0 Å². The number of methoxy groups -OCH3 is 1. The summed E-state index contributed by atoms with van der Waals surface area (Å²) in [5.74, 6) is 2.78. The van der Waals surface area contributed by atoms with Gasteiger partial charge in [0, 0.05) is 24.3 Å². The van der Waals surface area contributed by atoms with E-state index in [1.165, 1.54) is 25.1 Å². The van der Waals surface area contributed by atoms with E-state index in [1.807, 2.05) is 12.1 Å². The van der Waals surface area contributed by atoms with Crippen LogP contribution in [-0.2, 0) is 14.4 Å². The Morgan fingerprint density at radius 3 is 2.89 bits per heavy atom. The second-order valence-corrected chi connectivity index (χ2v) is 7.06. The topological polar surface area (TPSA) is 82.0 Å². The summed E-state index contributed by atoms with van der Waals surface area (Å²) in [4.78, 5) is 21.8. The Hall–Kier alpha value is -2.76. The molecule has 0 radical (unpaired) electrons. The molecule has 0 aliphatic carbocycles. The minimum atomic E-state index is -0.839. The van der Waals surface area contributed by atoms with Crippen molar-refractivity contribution in [1.82, 2.24) is 10.3 Å². The van der Waals surface area contributed by atoms with Gasteiger partial charge in [-0.1, -0.05) is 11.1 Å². The van der Waals surface area contributed by atoms with Gasteiger partial charge in [-0.15, -0.1) is 18.2 Å². The van der Waals surface area contributed by atoms with Gasteiger partial charge in [0.2, 0.25) is 5.44 Å². The lowest BCUT2D eigenvalue weighted by atomic mass is 10.1. The van der Waals surface area contributed by atoms with Crippen LogP contribution in [0.2, 0.25) is 0 Å². The lowest BCUT2D eigenvalue weighted by Crippen LogP contribution is -2.54. The molecule has 148 valence electrons. The number of terminal acetylenes is 1. The molecule has 0 saturated heterocycles. The molecule has 1 aromatic carbocycles. The van der Waals surface area contributed by atoms with Crippen molar-refractivity contribution in [3.63, 3.8) is 0 Å². The van der Waals surface area contributed by atoms with Crippen molar-refractivity contribution in [2.24, 2.45) is 5.16 Å². The normalized spacial score (nSPS) is 14.2. The highest BCUT2D eigenvalue weighted by Gasteiger charge is 2.29. The van der Waals surface area contributed by atoms with Gasteiger partial charge in [-0.05, 0) is 37.4 Å². The zero-order chi connectivity index (χ0) is 20.6. The summed E-state index contributed by atoms with van der Waals surface area (Å²) >= 11 is 1.27. The number of carbonyl (C=O) groups excluding carboxylic acids is 1. The lowest BCUT2D eigenvalue weighted by Gasteiger charge is -2.27. The molecule has 7 nitrogen and oxygen atoms in total. The Kier molecular flexibility index (Phi) is 7.67. The van der Waals surface area contributed by atoms with E-state index in [-0.39, 0.29) is 12.5 Å². The van der Waals surface area contributed by atoms with Crippen LogP contribution in [0.15, 0.2) is 35.6 Å². The molecule has 0 aliphatic rings. The predicted molar refractivity (Wildman–Crippen MR) is 112 cm³/mol. The number of fused-ring (bicyclic) bond motifs is 1. The fourth-order valence-electron chi connectivity index (χ4n) is 2.51. The maximum Gasteiger partial charge on any atom is 0.272 e. The molecule has 1 N–H and O–H groups in total. The minimum absolute atomic E-state index is 0.225. The highest BCUT2D eigenvalue weighted by Crippen LogP contribution is 2.23. The molecule has 0 spiro atoms. The van der Waals surface area contributed by atoms with Crippen molar-refractivity contribution in [3.05, 3.63) is 36.0 Å². The molecular formula is C20H23N3O4S. The molecule has 0 fully saturated rings. The Bertz CT molecular complexity index is 897. The first-order valence-corrected chi connectivity index (χ1v) is 9.68. The monoisotopic (exact) mass is 401 g/mol. The van der Waals surface area contributed by atoms with Gasteiger partial charge in [0.05, 0.1) is 23.9 Å². The molecule has 1 aromatic heterocycles. The zero-order valence-electron chi connectivity index (χ0n) is 16.3. The number of rotatable bonds is 9. The number of amides is 1. The van der Waals surface area contributed by atoms with Crippen LogP contribution in [-0.4, -0.2) is 55.2 Å². The van der Waals surface area contributed by atoms with Gasteiger partial charge in [0.1, 0.15) is 12.9 Å². The molecule has 2 aromatic rings. The molecule has 1 heterocycles. The standard InChI is InChI=1S/C20H23N3O4S/c1-6-14-9-15-10-16(7-8-17(15)21-11-14)27-19(28-5)18(24)23-20(2,13-25-3)12-22-26-4/h1,7-12,19H,13H2,2-5H3,(H,23,24). The molecular weight excluding hydrogens is 378 g/mol. The Labute approximate surface area is 168 Å². The number of hydrogen-bond acceptors (Lipinski definition) is 7. The van der Waals surface area contributed by atoms with E-state index in [2.05, 4.69) is 21.4 Å². The van der Waals surface area contributed by atoms with Gasteiger partial charge in [-0.3, -0.25) is 9.78 Å². The van der Waals surface area contributed by atoms with Crippen molar-refractivity contribution < 1.29 is 19.1 Å². The van der Waals surface area contributed by atoms with Crippen LogP contribution in [0, 0.1) is 12.3 Å². The molecule has 0 bridgehead atoms. The van der Waals surface area contributed by atoms with E-state index in [9.17, 15) is 4.79 Å². The van der Waals surface area contributed by atoms with Crippen molar-refractivity contribution in [2.45, 2.75) is 17.9 Å². The fraction of sp³-hybridized carbons (Fsp3) is 0.350. The Morgan fingerprint density at radius 1 is 1.46 bits per heavy atom. The van der Waals surface area contributed by atoms with Gasteiger partial charge in [-0.2, -0.15) is 0 Å². The third-order valence-corrected chi connectivity index (χ3v) is 4.53. The summed E-state index contributed by atoms with van der Waals surface area (Å²) in [6, 6.07) is 7.24. The molecule has 28 heavy (non-hydrogen) atoms. The molecule has 0 saturated carbocycles. The first-order chi connectivity index (χ1) is 13.4. The number of nitrogens with one attached hydrogen (secondary N) is 1. The summed E-state index contributed by atoms with van der Waals surface area (Å²) in [5.41, 5.74) is -0.140. The van der Waals surface area contributed by atoms with Gasteiger partial charge < -0.3 is 19.6 Å².